The first-order valence-corrected chi connectivity index (χ1v) is 6.88. The van der Waals surface area contributed by atoms with Crippen LogP contribution in [0.3, 0.4) is 0 Å². The van der Waals surface area contributed by atoms with E-state index in [9.17, 15) is 0 Å². The van der Waals surface area contributed by atoms with Crippen molar-refractivity contribution in [3.05, 3.63) is 23.2 Å². The van der Waals surface area contributed by atoms with Crippen molar-refractivity contribution >= 4 is 27.4 Å². The zero-order chi connectivity index (χ0) is 12.5. The number of halogens is 1. The first kappa shape index (κ1) is 11.9. The summed E-state index contributed by atoms with van der Waals surface area (Å²) in [6.07, 6.45) is 7.01. The predicted molar refractivity (Wildman–Crippen MR) is 72.7 cm³/mol. The van der Waals surface area contributed by atoms with E-state index in [1.807, 2.05) is 16.8 Å². The Labute approximate surface area is 114 Å². The van der Waals surface area contributed by atoms with Crippen LogP contribution in [0.15, 0.2) is 23.2 Å². The molecule has 0 aromatic carbocycles. The number of ether oxygens (including phenoxy) is 1. The molecule has 1 fully saturated rings. The molecule has 1 aliphatic rings. The lowest BCUT2D eigenvalue weighted by Crippen LogP contribution is -2.21. The van der Waals surface area contributed by atoms with Gasteiger partial charge in [0.2, 0.25) is 0 Å². The molecule has 2 aromatic rings. The summed E-state index contributed by atoms with van der Waals surface area (Å²) in [6, 6.07) is 0. The van der Waals surface area contributed by atoms with Crippen molar-refractivity contribution < 1.29 is 4.74 Å². The lowest BCUT2D eigenvalue weighted by Gasteiger charge is -2.15. The van der Waals surface area contributed by atoms with Gasteiger partial charge in [-0.15, -0.1) is 0 Å². The Kier molecular flexibility index (Phi) is 3.22. The Balaban J connectivity index is 1.79. The minimum absolute atomic E-state index is 0.320. The Morgan fingerprint density at radius 1 is 1.61 bits per heavy atom. The van der Waals surface area contributed by atoms with Crippen molar-refractivity contribution in [2.24, 2.45) is 5.92 Å². The monoisotopic (exact) mass is 310 g/mol. The fourth-order valence-corrected chi connectivity index (χ4v) is 2.69. The Hall–Kier alpha value is -1.14. The van der Waals surface area contributed by atoms with Gasteiger partial charge in [-0.2, -0.15) is 0 Å². The molecule has 3 heterocycles. The summed E-state index contributed by atoms with van der Waals surface area (Å²) in [7, 11) is 0. The molecule has 0 spiro atoms. The normalized spacial score (nSPS) is 23.7. The van der Waals surface area contributed by atoms with E-state index in [2.05, 4.69) is 38.1 Å². The molecule has 0 bridgehead atoms. The van der Waals surface area contributed by atoms with Crippen molar-refractivity contribution in [1.82, 2.24) is 14.4 Å². The largest absolute Gasteiger partial charge is 0.378 e. The zero-order valence-corrected chi connectivity index (χ0v) is 11.7. The van der Waals surface area contributed by atoms with Crippen molar-refractivity contribution in [3.8, 4) is 0 Å². The second-order valence-electron chi connectivity index (χ2n) is 4.58. The standard InChI is InChI=1S/C12H15BrN4O/c1-8-9(2-5-18-8)6-15-11-12-14-3-4-17(12)7-10(13)16-11/h3-4,7-9H,2,5-6H2,1H3,(H,15,16). The summed E-state index contributed by atoms with van der Waals surface area (Å²) in [5, 5.41) is 3.38. The third kappa shape index (κ3) is 2.22. The van der Waals surface area contributed by atoms with Crippen LogP contribution in [0, 0.1) is 5.92 Å². The number of rotatable bonds is 3. The van der Waals surface area contributed by atoms with Gasteiger partial charge >= 0.3 is 0 Å². The van der Waals surface area contributed by atoms with E-state index in [1.165, 1.54) is 0 Å². The zero-order valence-electron chi connectivity index (χ0n) is 10.1. The highest BCUT2D eigenvalue weighted by molar-refractivity contribution is 9.10. The van der Waals surface area contributed by atoms with Gasteiger partial charge in [0.05, 0.1) is 6.10 Å². The lowest BCUT2D eigenvalue weighted by atomic mass is 10.0. The van der Waals surface area contributed by atoms with Gasteiger partial charge in [0.1, 0.15) is 4.60 Å². The number of nitrogens with zero attached hydrogens (tertiary/aromatic N) is 3. The van der Waals surface area contributed by atoms with E-state index < -0.39 is 0 Å². The van der Waals surface area contributed by atoms with Gasteiger partial charge in [-0.05, 0) is 29.3 Å². The van der Waals surface area contributed by atoms with Crippen LogP contribution in [-0.2, 0) is 4.74 Å². The minimum Gasteiger partial charge on any atom is -0.378 e. The number of hydrogen-bond acceptors (Lipinski definition) is 4. The number of fused-ring (bicyclic) bond motifs is 1. The van der Waals surface area contributed by atoms with Crippen LogP contribution in [0.4, 0.5) is 5.82 Å². The van der Waals surface area contributed by atoms with E-state index in [4.69, 9.17) is 4.74 Å². The molecule has 2 unspecified atom stereocenters. The Morgan fingerprint density at radius 3 is 3.28 bits per heavy atom. The maximum absolute atomic E-state index is 5.56. The van der Waals surface area contributed by atoms with Crippen LogP contribution in [0.5, 0.6) is 0 Å². The van der Waals surface area contributed by atoms with Gasteiger partial charge in [0, 0.05) is 37.7 Å². The van der Waals surface area contributed by atoms with Gasteiger partial charge in [0.15, 0.2) is 11.5 Å². The molecule has 1 N–H and O–H groups in total. The average Bonchev–Trinajstić information content (AvgIpc) is 2.94. The van der Waals surface area contributed by atoms with Crippen LogP contribution in [-0.4, -0.2) is 33.6 Å². The number of imidazole rings is 1. The molecule has 5 nitrogen and oxygen atoms in total. The highest BCUT2D eigenvalue weighted by Gasteiger charge is 2.24. The highest BCUT2D eigenvalue weighted by Crippen LogP contribution is 2.22. The van der Waals surface area contributed by atoms with Crippen LogP contribution in [0.1, 0.15) is 13.3 Å². The Bertz CT molecular complexity index is 556. The molecule has 2 aromatic heterocycles. The van der Waals surface area contributed by atoms with Crippen LogP contribution in [0.25, 0.3) is 5.65 Å². The smallest absolute Gasteiger partial charge is 0.180 e. The molecular weight excluding hydrogens is 296 g/mol. The summed E-state index contributed by atoms with van der Waals surface area (Å²) >= 11 is 3.41. The van der Waals surface area contributed by atoms with E-state index in [-0.39, 0.29) is 0 Å². The summed E-state index contributed by atoms with van der Waals surface area (Å²) in [4.78, 5) is 8.75. The number of hydrogen-bond donors (Lipinski definition) is 1. The Morgan fingerprint density at radius 2 is 2.50 bits per heavy atom. The van der Waals surface area contributed by atoms with E-state index in [1.54, 1.807) is 6.20 Å². The van der Waals surface area contributed by atoms with Crippen molar-refractivity contribution in [3.63, 3.8) is 0 Å². The minimum atomic E-state index is 0.320. The molecule has 0 aliphatic carbocycles. The van der Waals surface area contributed by atoms with Gasteiger partial charge in [-0.1, -0.05) is 0 Å². The first-order valence-electron chi connectivity index (χ1n) is 6.09. The molecule has 96 valence electrons. The fourth-order valence-electron chi connectivity index (χ4n) is 2.29. The molecule has 0 saturated carbocycles. The summed E-state index contributed by atoms with van der Waals surface area (Å²) in [5.74, 6) is 1.36. The average molecular weight is 311 g/mol. The van der Waals surface area contributed by atoms with Crippen molar-refractivity contribution in [1.29, 1.82) is 0 Å². The number of anilines is 1. The molecule has 6 heteroatoms. The van der Waals surface area contributed by atoms with Crippen LogP contribution in [0.2, 0.25) is 0 Å². The molecular formula is C12H15BrN4O. The topological polar surface area (TPSA) is 51.5 Å². The van der Waals surface area contributed by atoms with Gasteiger partial charge in [-0.3, -0.25) is 0 Å². The molecule has 0 radical (unpaired) electrons. The molecule has 3 rings (SSSR count). The fraction of sp³-hybridized carbons (Fsp3) is 0.500. The van der Waals surface area contributed by atoms with Crippen LogP contribution >= 0.6 is 15.9 Å². The predicted octanol–water partition coefficient (Wildman–Crippen LogP) is 2.33. The van der Waals surface area contributed by atoms with E-state index in [0.29, 0.717) is 12.0 Å². The second kappa shape index (κ2) is 4.85. The number of aromatic nitrogens is 3. The second-order valence-corrected chi connectivity index (χ2v) is 5.39. The third-order valence-corrected chi connectivity index (χ3v) is 3.79. The highest BCUT2D eigenvalue weighted by atomic mass is 79.9. The third-order valence-electron chi connectivity index (χ3n) is 3.41. The molecule has 2 atom stereocenters. The van der Waals surface area contributed by atoms with Gasteiger partial charge in [-0.25, -0.2) is 9.97 Å². The summed E-state index contributed by atoms with van der Waals surface area (Å²) in [5.41, 5.74) is 0.852. The van der Waals surface area contributed by atoms with Crippen LogP contribution < -0.4 is 5.32 Å². The quantitative estimate of drug-likeness (QED) is 0.945. The molecule has 0 amide bonds. The van der Waals surface area contributed by atoms with Gasteiger partial charge in [0.25, 0.3) is 0 Å². The van der Waals surface area contributed by atoms with Gasteiger partial charge < -0.3 is 14.5 Å². The van der Waals surface area contributed by atoms with Crippen molar-refractivity contribution in [2.75, 3.05) is 18.5 Å². The lowest BCUT2D eigenvalue weighted by molar-refractivity contribution is 0.108. The molecule has 18 heavy (non-hydrogen) atoms. The summed E-state index contributed by atoms with van der Waals surface area (Å²) in [6.45, 7) is 3.85. The maximum atomic E-state index is 5.56. The van der Waals surface area contributed by atoms with E-state index in [0.717, 1.165) is 35.6 Å². The SMILES string of the molecule is CC1OCCC1CNc1nc(Br)cn2ccnc12. The molecule has 1 aliphatic heterocycles. The summed E-state index contributed by atoms with van der Waals surface area (Å²) < 4.78 is 8.31. The van der Waals surface area contributed by atoms with Crippen molar-refractivity contribution in [2.45, 2.75) is 19.4 Å². The van der Waals surface area contributed by atoms with E-state index >= 15 is 0 Å². The molecule has 1 saturated heterocycles. The first-order chi connectivity index (χ1) is 8.74. The maximum Gasteiger partial charge on any atom is 0.180 e. The number of nitrogens with one attached hydrogen (secondary N) is 1.